The molecule has 0 aromatic carbocycles. The van der Waals surface area contributed by atoms with Crippen LogP contribution >= 0.6 is 7.60 Å². The van der Waals surface area contributed by atoms with Crippen molar-refractivity contribution < 1.29 is 14.4 Å². The topological polar surface area (TPSA) is 95.6 Å². The van der Waals surface area contributed by atoms with Crippen LogP contribution in [0.3, 0.4) is 0 Å². The fourth-order valence-electron chi connectivity index (χ4n) is 5.25. The average molecular weight is 533 g/mol. The van der Waals surface area contributed by atoms with Gasteiger partial charge in [-0.25, -0.2) is 0 Å². The fraction of sp³-hybridized carbons (Fsp3) is 1.00. The molecule has 1 atom stereocenters. The van der Waals surface area contributed by atoms with E-state index in [2.05, 4.69) is 12.3 Å². The third-order valence-corrected chi connectivity index (χ3v) is 9.19. The first-order chi connectivity index (χ1) is 17.5. The summed E-state index contributed by atoms with van der Waals surface area (Å²) >= 11 is 0. The van der Waals surface area contributed by atoms with Crippen molar-refractivity contribution in [2.24, 2.45) is 5.84 Å². The summed E-state index contributed by atoms with van der Waals surface area (Å²) in [5.41, 5.74) is 2.31. The summed E-state index contributed by atoms with van der Waals surface area (Å²) in [5.74, 6) is 5.28. The summed E-state index contributed by atoms with van der Waals surface area (Å²) < 4.78 is 11.9. The SMILES string of the molecule is CCCCCCCCCCC(CCCCCCCCCCCCCCCCCCCNN)P(=O)(O)O. The van der Waals surface area contributed by atoms with Gasteiger partial charge in [0.05, 0.1) is 5.66 Å². The summed E-state index contributed by atoms with van der Waals surface area (Å²) in [5, 5.41) is 0. The van der Waals surface area contributed by atoms with Crippen LogP contribution in [0.2, 0.25) is 0 Å². The van der Waals surface area contributed by atoms with Crippen LogP contribution in [0.5, 0.6) is 0 Å². The highest BCUT2D eigenvalue weighted by Gasteiger charge is 2.27. The Morgan fingerprint density at radius 1 is 0.528 bits per heavy atom. The van der Waals surface area contributed by atoms with E-state index in [4.69, 9.17) is 5.84 Å². The summed E-state index contributed by atoms with van der Waals surface area (Å²) in [4.78, 5) is 19.5. The molecule has 36 heavy (non-hydrogen) atoms. The third kappa shape index (κ3) is 27.1. The van der Waals surface area contributed by atoms with E-state index in [0.717, 1.165) is 32.2 Å². The summed E-state index contributed by atoms with van der Waals surface area (Å²) in [6, 6.07) is 0. The van der Waals surface area contributed by atoms with Crippen LogP contribution in [0.4, 0.5) is 0 Å². The molecule has 0 aliphatic rings. The molecule has 0 spiro atoms. The molecule has 0 amide bonds. The molecule has 0 aliphatic carbocycles. The first-order valence-electron chi connectivity index (χ1n) is 16.0. The molecule has 218 valence electrons. The van der Waals surface area contributed by atoms with Gasteiger partial charge in [-0.3, -0.25) is 15.8 Å². The van der Waals surface area contributed by atoms with Gasteiger partial charge < -0.3 is 9.79 Å². The quantitative estimate of drug-likeness (QED) is 0.0320. The second-order valence-corrected chi connectivity index (χ2v) is 13.2. The number of hydrogen-bond donors (Lipinski definition) is 4. The molecule has 0 fully saturated rings. The van der Waals surface area contributed by atoms with Crippen molar-refractivity contribution in [1.29, 1.82) is 0 Å². The normalized spacial score (nSPS) is 12.9. The standard InChI is InChI=1S/C30H65N2O3P/c1-2-3-4-5-6-18-21-24-27-30(36(33,34)35)28-25-22-19-16-14-12-10-8-7-9-11-13-15-17-20-23-26-29-32-31/h30,32H,2-29,31H2,1H3,(H2,33,34,35). The van der Waals surface area contributed by atoms with Crippen molar-refractivity contribution in [3.8, 4) is 0 Å². The van der Waals surface area contributed by atoms with Gasteiger partial charge in [0.25, 0.3) is 0 Å². The summed E-state index contributed by atoms with van der Waals surface area (Å²) in [6.07, 6.45) is 33.5. The minimum absolute atomic E-state index is 0.406. The summed E-state index contributed by atoms with van der Waals surface area (Å²) in [7, 11) is -3.95. The van der Waals surface area contributed by atoms with Gasteiger partial charge in [-0.15, -0.1) is 0 Å². The van der Waals surface area contributed by atoms with Crippen LogP contribution < -0.4 is 11.3 Å². The Morgan fingerprint density at radius 3 is 1.08 bits per heavy atom. The van der Waals surface area contributed by atoms with E-state index in [1.54, 1.807) is 0 Å². The van der Waals surface area contributed by atoms with E-state index in [1.807, 2.05) is 0 Å². The van der Waals surface area contributed by atoms with Gasteiger partial charge in [0, 0.05) is 6.54 Å². The first-order valence-corrected chi connectivity index (χ1v) is 17.7. The van der Waals surface area contributed by atoms with Crippen LogP contribution in [-0.4, -0.2) is 22.0 Å². The molecule has 0 radical (unpaired) electrons. The lowest BCUT2D eigenvalue weighted by atomic mass is 10.0. The molecule has 0 rings (SSSR count). The molecular formula is C30H65N2O3P. The van der Waals surface area contributed by atoms with Gasteiger partial charge in [-0.1, -0.05) is 161 Å². The molecule has 0 aromatic heterocycles. The van der Waals surface area contributed by atoms with Gasteiger partial charge in [0.15, 0.2) is 0 Å². The maximum absolute atomic E-state index is 11.9. The molecule has 5 nitrogen and oxygen atoms in total. The largest absolute Gasteiger partial charge is 0.328 e. The fourth-order valence-corrected chi connectivity index (χ4v) is 6.29. The van der Waals surface area contributed by atoms with Crippen molar-refractivity contribution >= 4 is 7.60 Å². The predicted octanol–water partition coefficient (Wildman–Crippen LogP) is 9.55. The molecule has 1 unspecified atom stereocenters. The van der Waals surface area contributed by atoms with Gasteiger partial charge in [-0.05, 0) is 19.3 Å². The number of nitrogens with one attached hydrogen (secondary N) is 1. The van der Waals surface area contributed by atoms with E-state index in [-0.39, 0.29) is 0 Å². The van der Waals surface area contributed by atoms with Crippen molar-refractivity contribution in [2.75, 3.05) is 6.54 Å². The molecule has 0 saturated heterocycles. The highest BCUT2D eigenvalue weighted by molar-refractivity contribution is 7.52. The first kappa shape index (κ1) is 36.1. The highest BCUT2D eigenvalue weighted by atomic mass is 31.2. The van der Waals surface area contributed by atoms with Crippen LogP contribution in [0.1, 0.15) is 180 Å². The Kier molecular flexibility index (Phi) is 28.1. The Hall–Kier alpha value is 0.0700. The lowest BCUT2D eigenvalue weighted by molar-refractivity contribution is 0.345. The molecule has 0 saturated carbocycles. The Bertz CT molecular complexity index is 473. The smallest absolute Gasteiger partial charge is 0.324 e. The van der Waals surface area contributed by atoms with Crippen LogP contribution in [0.15, 0.2) is 0 Å². The van der Waals surface area contributed by atoms with Crippen molar-refractivity contribution in [2.45, 2.75) is 186 Å². The predicted molar refractivity (Wildman–Crippen MR) is 158 cm³/mol. The van der Waals surface area contributed by atoms with Crippen molar-refractivity contribution in [3.05, 3.63) is 0 Å². The highest BCUT2D eigenvalue weighted by Crippen LogP contribution is 2.46. The van der Waals surface area contributed by atoms with Crippen LogP contribution in [0, 0.1) is 0 Å². The minimum atomic E-state index is -3.95. The molecule has 6 heteroatoms. The molecule has 0 bridgehead atoms. The molecular weight excluding hydrogens is 467 g/mol. The third-order valence-electron chi connectivity index (χ3n) is 7.73. The zero-order chi connectivity index (χ0) is 26.6. The van der Waals surface area contributed by atoms with E-state index in [1.165, 1.54) is 135 Å². The molecule has 0 aromatic rings. The molecule has 5 N–H and O–H groups in total. The van der Waals surface area contributed by atoms with E-state index >= 15 is 0 Å². The number of nitrogens with two attached hydrogens (primary N) is 1. The van der Waals surface area contributed by atoms with E-state index < -0.39 is 13.3 Å². The van der Waals surface area contributed by atoms with Crippen molar-refractivity contribution in [1.82, 2.24) is 5.43 Å². The maximum Gasteiger partial charge on any atom is 0.328 e. The van der Waals surface area contributed by atoms with Gasteiger partial charge >= 0.3 is 7.60 Å². The second kappa shape index (κ2) is 28.1. The lowest BCUT2D eigenvalue weighted by Crippen LogP contribution is -2.22. The van der Waals surface area contributed by atoms with Gasteiger partial charge in [-0.2, -0.15) is 0 Å². The monoisotopic (exact) mass is 532 g/mol. The zero-order valence-electron chi connectivity index (χ0n) is 24.2. The van der Waals surface area contributed by atoms with E-state index in [9.17, 15) is 14.4 Å². The average Bonchev–Trinajstić information content (AvgIpc) is 2.85. The summed E-state index contributed by atoms with van der Waals surface area (Å²) in [6.45, 7) is 3.18. The number of hydrazine groups is 1. The Morgan fingerprint density at radius 2 is 0.806 bits per heavy atom. The van der Waals surface area contributed by atoms with E-state index in [0.29, 0.717) is 12.8 Å². The van der Waals surface area contributed by atoms with Crippen LogP contribution in [-0.2, 0) is 4.57 Å². The molecule has 0 heterocycles. The second-order valence-electron chi connectivity index (χ2n) is 11.3. The number of unbranched alkanes of at least 4 members (excludes halogenated alkanes) is 23. The van der Waals surface area contributed by atoms with Crippen LogP contribution in [0.25, 0.3) is 0 Å². The maximum atomic E-state index is 11.9. The van der Waals surface area contributed by atoms with Crippen molar-refractivity contribution in [3.63, 3.8) is 0 Å². The Balaban J connectivity index is 3.45. The van der Waals surface area contributed by atoms with Gasteiger partial charge in [0.1, 0.15) is 0 Å². The van der Waals surface area contributed by atoms with Gasteiger partial charge in [0.2, 0.25) is 0 Å². The minimum Gasteiger partial charge on any atom is -0.324 e. The molecule has 0 aliphatic heterocycles. The number of rotatable bonds is 30. The number of hydrogen-bond acceptors (Lipinski definition) is 3. The lowest BCUT2D eigenvalue weighted by Gasteiger charge is -2.18. The zero-order valence-corrected chi connectivity index (χ0v) is 25.1. The Labute approximate surface area is 225 Å².